The van der Waals surface area contributed by atoms with Gasteiger partial charge in [0, 0.05) is 11.3 Å². The number of halogens is 1. The molecule has 0 aromatic carbocycles. The molecule has 3 nitrogen and oxygen atoms in total. The minimum Gasteiger partial charge on any atom is -0.392 e. The van der Waals surface area contributed by atoms with Crippen LogP contribution in [0.1, 0.15) is 46.5 Å². The van der Waals surface area contributed by atoms with E-state index in [0.717, 1.165) is 12.0 Å². The van der Waals surface area contributed by atoms with Crippen molar-refractivity contribution in [1.29, 1.82) is 0 Å². The fourth-order valence-electron chi connectivity index (χ4n) is 6.55. The molecule has 4 rings (SSSR count). The van der Waals surface area contributed by atoms with Gasteiger partial charge < -0.3 is 10.2 Å². The molecule has 0 aromatic rings. The standard InChI is InChI=1S/C20H27FO3/c1-11-8-15-14-5-4-12-9-13(22)6-7-19(12,3)20(14,21)16(23)10-18(15,2)17(11)24/h6-7,9,11,14-17,23-24H,4-5,8,10H2,1-3H3. The molecule has 3 saturated carbocycles. The molecular weight excluding hydrogens is 307 g/mol. The molecule has 0 amide bonds. The third kappa shape index (κ3) is 1.71. The first-order chi connectivity index (χ1) is 11.1. The summed E-state index contributed by atoms with van der Waals surface area (Å²) in [7, 11) is 0. The second kappa shape index (κ2) is 4.79. The summed E-state index contributed by atoms with van der Waals surface area (Å²) in [6, 6.07) is 0. The molecule has 0 saturated heterocycles. The monoisotopic (exact) mass is 334 g/mol. The summed E-state index contributed by atoms with van der Waals surface area (Å²) in [5.74, 6) is -0.182. The molecule has 8 atom stereocenters. The highest BCUT2D eigenvalue weighted by Crippen LogP contribution is 2.68. The zero-order valence-electron chi connectivity index (χ0n) is 14.6. The molecule has 0 spiro atoms. The number of allylic oxidation sites excluding steroid dienone is 4. The van der Waals surface area contributed by atoms with Crippen molar-refractivity contribution in [2.75, 3.05) is 0 Å². The number of aliphatic hydroxyl groups excluding tert-OH is 2. The minimum absolute atomic E-state index is 0.0697. The van der Waals surface area contributed by atoms with Crippen LogP contribution in [0.15, 0.2) is 23.8 Å². The fraction of sp³-hybridized carbons (Fsp3) is 0.750. The summed E-state index contributed by atoms with van der Waals surface area (Å²) in [4.78, 5) is 11.7. The van der Waals surface area contributed by atoms with Crippen LogP contribution in [0.3, 0.4) is 0 Å². The molecular formula is C20H27FO3. The maximum Gasteiger partial charge on any atom is 0.178 e. The highest BCUT2D eigenvalue weighted by atomic mass is 19.1. The SMILES string of the molecule is CC1CC2C3CCC4=CC(=O)C=CC4(C)C3(F)C(O)CC2(C)C1O. The number of aliphatic hydroxyl groups is 2. The largest absolute Gasteiger partial charge is 0.392 e. The zero-order valence-corrected chi connectivity index (χ0v) is 14.6. The number of hydrogen-bond donors (Lipinski definition) is 2. The fourth-order valence-corrected chi connectivity index (χ4v) is 6.55. The van der Waals surface area contributed by atoms with Gasteiger partial charge in [-0.2, -0.15) is 0 Å². The van der Waals surface area contributed by atoms with Gasteiger partial charge in [0.05, 0.1) is 12.2 Å². The van der Waals surface area contributed by atoms with E-state index in [2.05, 4.69) is 0 Å². The first-order valence-corrected chi connectivity index (χ1v) is 9.14. The average molecular weight is 334 g/mol. The van der Waals surface area contributed by atoms with Crippen molar-refractivity contribution in [3.8, 4) is 0 Å². The number of rotatable bonds is 0. The van der Waals surface area contributed by atoms with Gasteiger partial charge >= 0.3 is 0 Å². The molecule has 132 valence electrons. The van der Waals surface area contributed by atoms with Gasteiger partial charge in [0.25, 0.3) is 0 Å². The average Bonchev–Trinajstić information content (AvgIpc) is 2.74. The van der Waals surface area contributed by atoms with Crippen molar-refractivity contribution in [1.82, 2.24) is 0 Å². The lowest BCUT2D eigenvalue weighted by atomic mass is 9.46. The predicted octanol–water partition coefficient (Wildman–Crippen LogP) is 2.96. The maximum absolute atomic E-state index is 16.6. The van der Waals surface area contributed by atoms with Crippen LogP contribution in [0.5, 0.6) is 0 Å². The molecule has 4 aliphatic carbocycles. The van der Waals surface area contributed by atoms with Crippen molar-refractivity contribution in [3.63, 3.8) is 0 Å². The van der Waals surface area contributed by atoms with Crippen LogP contribution >= 0.6 is 0 Å². The van der Waals surface area contributed by atoms with Crippen molar-refractivity contribution in [3.05, 3.63) is 23.8 Å². The Morgan fingerprint density at radius 3 is 2.67 bits per heavy atom. The highest BCUT2D eigenvalue weighted by Gasteiger charge is 2.70. The molecule has 0 radical (unpaired) electrons. The maximum atomic E-state index is 16.6. The quantitative estimate of drug-likeness (QED) is 0.716. The van der Waals surface area contributed by atoms with Crippen LogP contribution in [0.2, 0.25) is 0 Å². The molecule has 0 bridgehead atoms. The lowest BCUT2D eigenvalue weighted by Crippen LogP contribution is -2.66. The molecule has 0 aromatic heterocycles. The number of carbonyl (C=O) groups is 1. The number of alkyl halides is 1. The molecule has 2 N–H and O–H groups in total. The predicted molar refractivity (Wildman–Crippen MR) is 88.9 cm³/mol. The topological polar surface area (TPSA) is 57.5 Å². The van der Waals surface area contributed by atoms with Crippen LogP contribution in [-0.4, -0.2) is 33.9 Å². The lowest BCUT2D eigenvalue weighted by molar-refractivity contribution is -0.201. The third-order valence-electron chi connectivity index (χ3n) is 7.92. The Hall–Kier alpha value is -1.00. The normalized spacial score (nSPS) is 56.3. The van der Waals surface area contributed by atoms with Gasteiger partial charge in [-0.1, -0.05) is 25.5 Å². The second-order valence-electron chi connectivity index (χ2n) is 9.01. The van der Waals surface area contributed by atoms with Crippen LogP contribution in [0, 0.1) is 28.6 Å². The molecule has 24 heavy (non-hydrogen) atoms. The van der Waals surface area contributed by atoms with Gasteiger partial charge in [-0.3, -0.25) is 4.79 Å². The number of ketones is 1. The molecule has 4 aliphatic rings. The Kier molecular flexibility index (Phi) is 3.29. The van der Waals surface area contributed by atoms with E-state index in [9.17, 15) is 15.0 Å². The van der Waals surface area contributed by atoms with Crippen molar-refractivity contribution in [2.45, 2.75) is 64.3 Å². The van der Waals surface area contributed by atoms with E-state index in [1.807, 2.05) is 20.8 Å². The van der Waals surface area contributed by atoms with Gasteiger partial charge in [-0.25, -0.2) is 4.39 Å². The number of carbonyl (C=O) groups excluding carboxylic acids is 1. The summed E-state index contributed by atoms with van der Waals surface area (Å²) in [6.07, 6.45) is 5.47. The Bertz CT molecular complexity index is 655. The van der Waals surface area contributed by atoms with E-state index in [4.69, 9.17) is 0 Å². The Morgan fingerprint density at radius 1 is 1.25 bits per heavy atom. The van der Waals surface area contributed by atoms with Gasteiger partial charge in [-0.05, 0) is 62.0 Å². The number of hydrogen-bond acceptors (Lipinski definition) is 3. The molecule has 0 heterocycles. The van der Waals surface area contributed by atoms with Crippen LogP contribution in [-0.2, 0) is 4.79 Å². The molecule has 4 heteroatoms. The smallest absolute Gasteiger partial charge is 0.178 e. The van der Waals surface area contributed by atoms with Crippen molar-refractivity contribution in [2.24, 2.45) is 28.6 Å². The Labute approximate surface area is 142 Å². The van der Waals surface area contributed by atoms with Crippen LogP contribution < -0.4 is 0 Å². The Balaban J connectivity index is 1.83. The minimum atomic E-state index is -1.78. The molecule has 3 fully saturated rings. The zero-order chi connectivity index (χ0) is 17.5. The van der Waals surface area contributed by atoms with E-state index in [-0.39, 0.29) is 30.0 Å². The third-order valence-corrected chi connectivity index (χ3v) is 7.92. The van der Waals surface area contributed by atoms with Crippen LogP contribution in [0.4, 0.5) is 4.39 Å². The van der Waals surface area contributed by atoms with Gasteiger partial charge in [0.15, 0.2) is 11.5 Å². The van der Waals surface area contributed by atoms with Gasteiger partial charge in [0.2, 0.25) is 0 Å². The van der Waals surface area contributed by atoms with E-state index in [1.165, 1.54) is 6.08 Å². The van der Waals surface area contributed by atoms with Crippen molar-refractivity contribution >= 4 is 5.78 Å². The van der Waals surface area contributed by atoms with Crippen molar-refractivity contribution < 1.29 is 19.4 Å². The van der Waals surface area contributed by atoms with E-state index in [1.54, 1.807) is 12.2 Å². The first-order valence-electron chi connectivity index (χ1n) is 9.14. The summed E-state index contributed by atoms with van der Waals surface area (Å²) in [5.41, 5.74) is -2.32. The summed E-state index contributed by atoms with van der Waals surface area (Å²) < 4.78 is 16.6. The first kappa shape index (κ1) is 16.5. The van der Waals surface area contributed by atoms with Gasteiger partial charge in [-0.15, -0.1) is 0 Å². The van der Waals surface area contributed by atoms with Crippen LogP contribution in [0.25, 0.3) is 0 Å². The molecule has 0 aliphatic heterocycles. The van der Waals surface area contributed by atoms with Gasteiger partial charge in [0.1, 0.15) is 0 Å². The summed E-state index contributed by atoms with van der Waals surface area (Å²) in [6.45, 7) is 5.87. The summed E-state index contributed by atoms with van der Waals surface area (Å²) >= 11 is 0. The Morgan fingerprint density at radius 2 is 1.96 bits per heavy atom. The lowest BCUT2D eigenvalue weighted by Gasteiger charge is -2.61. The highest BCUT2D eigenvalue weighted by molar-refractivity contribution is 6.01. The van der Waals surface area contributed by atoms with E-state index >= 15 is 4.39 Å². The molecule has 8 unspecified atom stereocenters. The summed E-state index contributed by atoms with van der Waals surface area (Å²) in [5, 5.41) is 21.6. The van der Waals surface area contributed by atoms with E-state index < -0.39 is 28.7 Å². The van der Waals surface area contributed by atoms with E-state index in [0.29, 0.717) is 12.8 Å². The second-order valence-corrected chi connectivity index (χ2v) is 9.01. The number of fused-ring (bicyclic) bond motifs is 5.